The smallest absolute Gasteiger partial charge is 0.239 e. The van der Waals surface area contributed by atoms with Crippen molar-refractivity contribution in [3.63, 3.8) is 0 Å². The third kappa shape index (κ3) is 3.95. The molecule has 1 amide bonds. The molecule has 1 atom stereocenters. The zero-order valence-corrected chi connectivity index (χ0v) is 12.5. The Labute approximate surface area is 111 Å². The van der Waals surface area contributed by atoms with E-state index in [0.29, 0.717) is 12.5 Å². The molecule has 0 saturated heterocycles. The lowest BCUT2D eigenvalue weighted by atomic mass is 9.89. The highest BCUT2D eigenvalue weighted by molar-refractivity contribution is 5.86. The summed E-state index contributed by atoms with van der Waals surface area (Å²) >= 11 is 0. The maximum absolute atomic E-state index is 11.9. The Morgan fingerprint density at radius 1 is 1.33 bits per heavy atom. The van der Waals surface area contributed by atoms with E-state index in [9.17, 15) is 4.79 Å². The highest BCUT2D eigenvalue weighted by Crippen LogP contribution is 2.40. The Balaban J connectivity index is 2.74. The summed E-state index contributed by atoms with van der Waals surface area (Å²) in [6, 6.07) is 0. The molecule has 0 aliphatic heterocycles. The van der Waals surface area contributed by atoms with Crippen molar-refractivity contribution in [3.8, 4) is 0 Å². The van der Waals surface area contributed by atoms with Crippen LogP contribution < -0.4 is 11.1 Å². The van der Waals surface area contributed by atoms with Gasteiger partial charge in [-0.25, -0.2) is 0 Å². The largest absolute Gasteiger partial charge is 0.368 e. The van der Waals surface area contributed by atoms with Crippen LogP contribution in [0.5, 0.6) is 0 Å². The number of amides is 1. The van der Waals surface area contributed by atoms with E-state index >= 15 is 0 Å². The molecular weight excluding hydrogens is 226 g/mol. The summed E-state index contributed by atoms with van der Waals surface area (Å²) in [6.45, 7) is 11.1. The number of rotatable bonds is 7. The van der Waals surface area contributed by atoms with Gasteiger partial charge in [0.2, 0.25) is 5.91 Å². The van der Waals surface area contributed by atoms with E-state index in [1.807, 2.05) is 6.92 Å². The molecule has 1 rings (SSSR count). The first-order valence-electron chi connectivity index (χ1n) is 6.95. The van der Waals surface area contributed by atoms with Crippen molar-refractivity contribution in [1.82, 2.24) is 10.2 Å². The molecule has 18 heavy (non-hydrogen) atoms. The SMILES string of the molecule is CCNC(CN(C)CC(C)(C)C)(C(N)=O)C1CC1. The van der Waals surface area contributed by atoms with Gasteiger partial charge in [-0.2, -0.15) is 0 Å². The predicted octanol–water partition coefficient (Wildman–Crippen LogP) is 1.21. The van der Waals surface area contributed by atoms with Crippen molar-refractivity contribution in [2.45, 2.75) is 46.1 Å². The molecule has 1 aliphatic carbocycles. The molecule has 1 aliphatic rings. The lowest BCUT2D eigenvalue weighted by molar-refractivity contribution is -0.126. The Bertz CT molecular complexity index is 294. The van der Waals surface area contributed by atoms with Gasteiger partial charge in [-0.1, -0.05) is 27.7 Å². The van der Waals surface area contributed by atoms with E-state index < -0.39 is 5.54 Å². The van der Waals surface area contributed by atoms with E-state index in [1.165, 1.54) is 0 Å². The lowest BCUT2D eigenvalue weighted by Crippen LogP contribution is -2.63. The number of carbonyl (C=O) groups is 1. The molecule has 1 unspecified atom stereocenters. The van der Waals surface area contributed by atoms with E-state index in [1.54, 1.807) is 0 Å². The molecule has 106 valence electrons. The minimum absolute atomic E-state index is 0.201. The summed E-state index contributed by atoms with van der Waals surface area (Å²) in [4.78, 5) is 14.2. The van der Waals surface area contributed by atoms with Crippen LogP contribution in [0.2, 0.25) is 0 Å². The number of hydrogen-bond acceptors (Lipinski definition) is 3. The number of nitrogens with zero attached hydrogens (tertiary/aromatic N) is 1. The lowest BCUT2D eigenvalue weighted by Gasteiger charge is -2.37. The summed E-state index contributed by atoms with van der Waals surface area (Å²) in [5, 5.41) is 3.36. The van der Waals surface area contributed by atoms with Crippen LogP contribution in [0.25, 0.3) is 0 Å². The van der Waals surface area contributed by atoms with Gasteiger partial charge in [-0.3, -0.25) is 4.79 Å². The summed E-state index contributed by atoms with van der Waals surface area (Å²) in [5.74, 6) is 0.213. The minimum Gasteiger partial charge on any atom is -0.368 e. The van der Waals surface area contributed by atoms with Gasteiger partial charge in [0.15, 0.2) is 0 Å². The monoisotopic (exact) mass is 255 g/mol. The van der Waals surface area contributed by atoms with Gasteiger partial charge < -0.3 is 16.0 Å². The molecule has 1 saturated carbocycles. The standard InChI is InChI=1S/C14H29N3O/c1-6-16-14(12(15)18,11-7-8-11)10-17(5)9-13(2,3)4/h11,16H,6-10H2,1-5H3,(H2,15,18). The predicted molar refractivity (Wildman–Crippen MR) is 75.3 cm³/mol. The van der Waals surface area contributed by atoms with Gasteiger partial charge in [0.05, 0.1) is 0 Å². The number of carbonyl (C=O) groups excluding carboxylic acids is 1. The van der Waals surface area contributed by atoms with Crippen LogP contribution in [0.1, 0.15) is 40.5 Å². The second-order valence-corrected chi connectivity index (χ2v) is 6.87. The zero-order valence-electron chi connectivity index (χ0n) is 12.5. The first-order valence-corrected chi connectivity index (χ1v) is 6.95. The van der Waals surface area contributed by atoms with E-state index in [2.05, 4.69) is 38.0 Å². The molecule has 3 N–H and O–H groups in total. The normalized spacial score (nSPS) is 19.9. The van der Waals surface area contributed by atoms with E-state index in [-0.39, 0.29) is 11.3 Å². The highest BCUT2D eigenvalue weighted by Gasteiger charge is 2.49. The first-order chi connectivity index (χ1) is 8.21. The van der Waals surface area contributed by atoms with Crippen molar-refractivity contribution >= 4 is 5.91 Å². The molecule has 1 fully saturated rings. The average Bonchev–Trinajstić information content (AvgIpc) is 2.96. The molecule has 0 aromatic carbocycles. The number of hydrogen-bond donors (Lipinski definition) is 2. The second kappa shape index (κ2) is 5.57. The van der Waals surface area contributed by atoms with Gasteiger partial charge in [0.25, 0.3) is 0 Å². The number of primary amides is 1. The zero-order chi connectivity index (χ0) is 14.0. The minimum atomic E-state index is -0.533. The van der Waals surface area contributed by atoms with Crippen molar-refractivity contribution < 1.29 is 4.79 Å². The fraction of sp³-hybridized carbons (Fsp3) is 0.929. The molecule has 0 radical (unpaired) electrons. The topological polar surface area (TPSA) is 58.4 Å². The van der Waals surface area contributed by atoms with E-state index in [4.69, 9.17) is 5.73 Å². The van der Waals surface area contributed by atoms with Crippen molar-refractivity contribution in [2.75, 3.05) is 26.7 Å². The van der Waals surface area contributed by atoms with Crippen LogP contribution in [0, 0.1) is 11.3 Å². The van der Waals surface area contributed by atoms with Crippen LogP contribution >= 0.6 is 0 Å². The third-order valence-corrected chi connectivity index (χ3v) is 3.47. The number of likely N-dealkylation sites (N-methyl/N-ethyl adjacent to an activating group) is 2. The highest BCUT2D eigenvalue weighted by atomic mass is 16.1. The fourth-order valence-corrected chi connectivity index (χ4v) is 2.88. The Hall–Kier alpha value is -0.610. The summed E-state index contributed by atoms with van der Waals surface area (Å²) in [5.41, 5.74) is 5.38. The maximum Gasteiger partial charge on any atom is 0.239 e. The Morgan fingerprint density at radius 2 is 1.89 bits per heavy atom. The van der Waals surface area contributed by atoms with Gasteiger partial charge in [-0.15, -0.1) is 0 Å². The molecule has 4 nitrogen and oxygen atoms in total. The molecule has 0 heterocycles. The molecule has 0 spiro atoms. The Morgan fingerprint density at radius 3 is 2.22 bits per heavy atom. The van der Waals surface area contributed by atoms with Crippen LogP contribution in [0.3, 0.4) is 0 Å². The number of nitrogens with two attached hydrogens (primary N) is 1. The van der Waals surface area contributed by atoms with Gasteiger partial charge in [0.1, 0.15) is 5.54 Å². The van der Waals surface area contributed by atoms with Crippen LogP contribution in [-0.4, -0.2) is 43.0 Å². The van der Waals surface area contributed by atoms with E-state index in [0.717, 1.165) is 25.9 Å². The maximum atomic E-state index is 11.9. The average molecular weight is 255 g/mol. The molecule has 0 aromatic rings. The molecule has 0 aromatic heterocycles. The molecule has 4 heteroatoms. The van der Waals surface area contributed by atoms with Crippen LogP contribution in [0.15, 0.2) is 0 Å². The van der Waals surface area contributed by atoms with Crippen molar-refractivity contribution in [1.29, 1.82) is 0 Å². The van der Waals surface area contributed by atoms with Crippen molar-refractivity contribution in [3.05, 3.63) is 0 Å². The fourth-order valence-electron chi connectivity index (χ4n) is 2.88. The van der Waals surface area contributed by atoms with Crippen LogP contribution in [0.4, 0.5) is 0 Å². The Kier molecular flexibility index (Phi) is 4.78. The van der Waals surface area contributed by atoms with Gasteiger partial charge in [-0.05, 0) is 37.8 Å². The summed E-state index contributed by atoms with van der Waals surface area (Å²) < 4.78 is 0. The van der Waals surface area contributed by atoms with Crippen molar-refractivity contribution in [2.24, 2.45) is 17.1 Å². The second-order valence-electron chi connectivity index (χ2n) is 6.87. The molecular formula is C14H29N3O. The molecule has 0 bridgehead atoms. The van der Waals surface area contributed by atoms with Gasteiger partial charge in [0, 0.05) is 13.1 Å². The number of nitrogens with one attached hydrogen (secondary N) is 1. The third-order valence-electron chi connectivity index (χ3n) is 3.47. The first kappa shape index (κ1) is 15.4. The summed E-state index contributed by atoms with van der Waals surface area (Å²) in [6.07, 6.45) is 2.22. The van der Waals surface area contributed by atoms with Crippen LogP contribution in [-0.2, 0) is 4.79 Å². The summed E-state index contributed by atoms with van der Waals surface area (Å²) in [7, 11) is 2.07. The quantitative estimate of drug-likeness (QED) is 0.719. The van der Waals surface area contributed by atoms with Gasteiger partial charge >= 0.3 is 0 Å².